The minimum absolute atomic E-state index is 0.293. The second-order valence-electron chi connectivity index (χ2n) is 3.26. The first-order valence-corrected chi connectivity index (χ1v) is 5.73. The molecule has 0 radical (unpaired) electrons. The van der Waals surface area contributed by atoms with Gasteiger partial charge in [0.05, 0.1) is 0 Å². The molecular formula is C10H11N5OS. The number of pyridine rings is 1. The molecule has 88 valence electrons. The van der Waals surface area contributed by atoms with Gasteiger partial charge in [-0.25, -0.2) is 9.97 Å². The first kappa shape index (κ1) is 11.5. The summed E-state index contributed by atoms with van der Waals surface area (Å²) in [5.74, 6) is 0.992. The fraction of sp³-hybridized carbons (Fsp3) is 0.200. The van der Waals surface area contributed by atoms with Crippen molar-refractivity contribution in [2.45, 2.75) is 6.92 Å². The van der Waals surface area contributed by atoms with Crippen LogP contribution in [0.1, 0.15) is 16.3 Å². The zero-order valence-electron chi connectivity index (χ0n) is 9.39. The number of aromatic nitrogens is 3. The lowest BCUT2D eigenvalue weighted by molar-refractivity contribution is 0.102. The van der Waals surface area contributed by atoms with Crippen molar-refractivity contribution >= 4 is 28.4 Å². The fourth-order valence-electron chi connectivity index (χ4n) is 1.21. The van der Waals surface area contributed by atoms with Gasteiger partial charge >= 0.3 is 0 Å². The van der Waals surface area contributed by atoms with Gasteiger partial charge in [0.1, 0.15) is 17.3 Å². The molecule has 0 aromatic carbocycles. The molecule has 17 heavy (non-hydrogen) atoms. The molecule has 0 aliphatic heterocycles. The first-order valence-electron chi connectivity index (χ1n) is 4.95. The van der Waals surface area contributed by atoms with Gasteiger partial charge < -0.3 is 5.32 Å². The van der Waals surface area contributed by atoms with Gasteiger partial charge in [-0.3, -0.25) is 10.1 Å². The average Bonchev–Trinajstić information content (AvgIpc) is 2.75. The zero-order chi connectivity index (χ0) is 12.3. The van der Waals surface area contributed by atoms with Crippen LogP contribution in [0.5, 0.6) is 0 Å². The largest absolute Gasteiger partial charge is 0.373 e. The van der Waals surface area contributed by atoms with E-state index in [2.05, 4.69) is 25.0 Å². The van der Waals surface area contributed by atoms with Crippen molar-refractivity contribution in [1.82, 2.24) is 14.3 Å². The minimum Gasteiger partial charge on any atom is -0.373 e. The Labute approximate surface area is 102 Å². The molecule has 1 amide bonds. The molecule has 2 rings (SSSR count). The van der Waals surface area contributed by atoms with Gasteiger partial charge in [-0.15, -0.1) is 0 Å². The molecule has 0 fully saturated rings. The van der Waals surface area contributed by atoms with Crippen LogP contribution >= 0.6 is 11.5 Å². The summed E-state index contributed by atoms with van der Waals surface area (Å²) in [7, 11) is 1.75. The smallest absolute Gasteiger partial charge is 0.276 e. The number of nitrogens with zero attached hydrogens (tertiary/aromatic N) is 3. The van der Waals surface area contributed by atoms with Crippen molar-refractivity contribution < 1.29 is 4.79 Å². The predicted molar refractivity (Wildman–Crippen MR) is 66.4 cm³/mol. The molecule has 0 bridgehead atoms. The van der Waals surface area contributed by atoms with Gasteiger partial charge in [-0.2, -0.15) is 4.37 Å². The Morgan fingerprint density at radius 2 is 2.18 bits per heavy atom. The van der Waals surface area contributed by atoms with Crippen LogP contribution < -0.4 is 10.6 Å². The molecule has 2 aromatic rings. The van der Waals surface area contributed by atoms with E-state index in [4.69, 9.17) is 0 Å². The molecule has 6 nitrogen and oxygen atoms in total. The highest BCUT2D eigenvalue weighted by Crippen LogP contribution is 2.12. The fourth-order valence-corrected chi connectivity index (χ4v) is 1.78. The third kappa shape index (κ3) is 2.76. The van der Waals surface area contributed by atoms with Crippen molar-refractivity contribution in [3.63, 3.8) is 0 Å². The average molecular weight is 249 g/mol. The highest BCUT2D eigenvalue weighted by molar-refractivity contribution is 7.09. The lowest BCUT2D eigenvalue weighted by Crippen LogP contribution is -2.14. The van der Waals surface area contributed by atoms with E-state index >= 15 is 0 Å². The summed E-state index contributed by atoms with van der Waals surface area (Å²) in [6.45, 7) is 1.77. The number of carbonyl (C=O) groups excluding carboxylic acids is 1. The van der Waals surface area contributed by atoms with E-state index in [1.807, 2.05) is 0 Å². The maximum Gasteiger partial charge on any atom is 0.276 e. The van der Waals surface area contributed by atoms with Gasteiger partial charge in [-0.05, 0) is 19.1 Å². The summed E-state index contributed by atoms with van der Waals surface area (Å²) in [6, 6.07) is 5.19. The molecule has 0 aliphatic rings. The van der Waals surface area contributed by atoms with Crippen molar-refractivity contribution in [1.29, 1.82) is 0 Å². The summed E-state index contributed by atoms with van der Waals surface area (Å²) in [5, 5.41) is 6.00. The first-order chi connectivity index (χ1) is 8.19. The number of hydrogen-bond donors (Lipinski definition) is 2. The number of hydrogen-bond acceptors (Lipinski definition) is 6. The van der Waals surface area contributed by atoms with E-state index in [1.54, 1.807) is 32.2 Å². The van der Waals surface area contributed by atoms with Crippen LogP contribution in [0.4, 0.5) is 10.9 Å². The Kier molecular flexibility index (Phi) is 3.29. The van der Waals surface area contributed by atoms with Gasteiger partial charge in [0.25, 0.3) is 5.91 Å². The lowest BCUT2D eigenvalue weighted by Gasteiger charge is -2.02. The van der Waals surface area contributed by atoms with Crippen LogP contribution in [-0.4, -0.2) is 27.3 Å². The molecule has 7 heteroatoms. The third-order valence-corrected chi connectivity index (χ3v) is 2.71. The zero-order valence-corrected chi connectivity index (χ0v) is 10.2. The number of amides is 1. The number of rotatable bonds is 3. The number of carbonyl (C=O) groups is 1. The molecule has 0 atom stereocenters. The molecule has 0 aliphatic carbocycles. The van der Waals surface area contributed by atoms with E-state index in [1.165, 1.54) is 0 Å². The van der Waals surface area contributed by atoms with E-state index in [0.29, 0.717) is 22.5 Å². The summed E-state index contributed by atoms with van der Waals surface area (Å²) in [4.78, 5) is 20.0. The van der Waals surface area contributed by atoms with Crippen LogP contribution in [0.15, 0.2) is 18.2 Å². The Morgan fingerprint density at radius 1 is 1.35 bits per heavy atom. The van der Waals surface area contributed by atoms with Gasteiger partial charge in [0, 0.05) is 18.6 Å². The Balaban J connectivity index is 2.14. The standard InChI is InChI=1S/C10H11N5OS/c1-6-12-10(17-15-6)14-9(16)7-4-3-5-8(11-2)13-7/h3-5H,1-2H3,(H,11,13)(H,12,14,15,16). The highest BCUT2D eigenvalue weighted by atomic mass is 32.1. The number of anilines is 2. The van der Waals surface area contributed by atoms with Crippen molar-refractivity contribution in [3.8, 4) is 0 Å². The second-order valence-corrected chi connectivity index (χ2v) is 4.01. The lowest BCUT2D eigenvalue weighted by atomic mass is 10.3. The molecule has 2 N–H and O–H groups in total. The van der Waals surface area contributed by atoms with Crippen molar-refractivity contribution in [2.75, 3.05) is 17.7 Å². The van der Waals surface area contributed by atoms with Gasteiger partial charge in [0.2, 0.25) is 5.13 Å². The topological polar surface area (TPSA) is 79.8 Å². The van der Waals surface area contributed by atoms with E-state index in [-0.39, 0.29) is 5.91 Å². The normalized spacial score (nSPS) is 10.0. The van der Waals surface area contributed by atoms with Gasteiger partial charge in [0.15, 0.2) is 0 Å². The molecule has 0 unspecified atom stereocenters. The monoisotopic (exact) mass is 249 g/mol. The van der Waals surface area contributed by atoms with Crippen LogP contribution in [0.2, 0.25) is 0 Å². The molecular weight excluding hydrogens is 238 g/mol. The molecule has 2 aromatic heterocycles. The molecule has 0 saturated carbocycles. The minimum atomic E-state index is -0.293. The Morgan fingerprint density at radius 3 is 2.82 bits per heavy atom. The molecule has 0 spiro atoms. The summed E-state index contributed by atoms with van der Waals surface area (Å²) in [6.07, 6.45) is 0. The SMILES string of the molecule is CNc1cccc(C(=O)Nc2nc(C)ns2)n1. The van der Waals surface area contributed by atoms with E-state index in [9.17, 15) is 4.79 Å². The highest BCUT2D eigenvalue weighted by Gasteiger charge is 2.10. The van der Waals surface area contributed by atoms with Crippen molar-refractivity contribution in [2.24, 2.45) is 0 Å². The maximum absolute atomic E-state index is 11.8. The van der Waals surface area contributed by atoms with Crippen LogP contribution in [0.25, 0.3) is 0 Å². The second kappa shape index (κ2) is 4.88. The Bertz CT molecular complexity index is 539. The number of nitrogens with one attached hydrogen (secondary N) is 2. The van der Waals surface area contributed by atoms with E-state index in [0.717, 1.165) is 11.5 Å². The number of aryl methyl sites for hydroxylation is 1. The Hall–Kier alpha value is -2.02. The van der Waals surface area contributed by atoms with Gasteiger partial charge in [-0.1, -0.05) is 6.07 Å². The summed E-state index contributed by atoms with van der Waals surface area (Å²) >= 11 is 1.15. The van der Waals surface area contributed by atoms with Crippen LogP contribution in [-0.2, 0) is 0 Å². The quantitative estimate of drug-likeness (QED) is 0.862. The predicted octanol–water partition coefficient (Wildman–Crippen LogP) is 1.54. The molecule has 0 saturated heterocycles. The third-order valence-electron chi connectivity index (χ3n) is 1.99. The maximum atomic E-state index is 11.8. The van der Waals surface area contributed by atoms with Crippen LogP contribution in [0.3, 0.4) is 0 Å². The van der Waals surface area contributed by atoms with E-state index < -0.39 is 0 Å². The summed E-state index contributed by atoms with van der Waals surface area (Å²) < 4.78 is 3.98. The van der Waals surface area contributed by atoms with Crippen molar-refractivity contribution in [3.05, 3.63) is 29.7 Å². The van der Waals surface area contributed by atoms with Crippen LogP contribution in [0, 0.1) is 6.92 Å². The summed E-state index contributed by atoms with van der Waals surface area (Å²) in [5.41, 5.74) is 0.338. The molecule has 2 heterocycles.